The lowest BCUT2D eigenvalue weighted by Crippen LogP contribution is -2.33. The summed E-state index contributed by atoms with van der Waals surface area (Å²) < 4.78 is 0. The molecule has 0 saturated heterocycles. The van der Waals surface area contributed by atoms with Gasteiger partial charge in [-0.05, 0) is 5.92 Å². The van der Waals surface area contributed by atoms with Gasteiger partial charge in [0.15, 0.2) is 0 Å². The predicted octanol–water partition coefficient (Wildman–Crippen LogP) is 1.68. The zero-order chi connectivity index (χ0) is 14.4. The molecule has 1 aromatic heterocycles. The number of hydrogen-bond acceptors (Lipinski definition) is 5. The third kappa shape index (κ3) is 5.64. The van der Waals surface area contributed by atoms with Crippen molar-refractivity contribution in [2.75, 3.05) is 18.9 Å². The van der Waals surface area contributed by atoms with Crippen molar-refractivity contribution in [2.45, 2.75) is 26.7 Å². The van der Waals surface area contributed by atoms with Crippen LogP contribution in [0.1, 0.15) is 25.3 Å². The van der Waals surface area contributed by atoms with Gasteiger partial charge in [-0.25, -0.2) is 4.79 Å². The molecule has 19 heavy (non-hydrogen) atoms. The van der Waals surface area contributed by atoms with E-state index < -0.39 is 5.97 Å². The van der Waals surface area contributed by atoms with Crippen LogP contribution in [0.3, 0.4) is 0 Å². The van der Waals surface area contributed by atoms with Crippen molar-refractivity contribution in [3.8, 4) is 0 Å². The molecule has 0 atom stereocenters. The molecule has 0 aromatic carbocycles. The molecule has 0 spiro atoms. The van der Waals surface area contributed by atoms with Crippen LogP contribution >= 0.6 is 11.3 Å². The zero-order valence-corrected chi connectivity index (χ0v) is 12.0. The molecule has 2 N–H and O–H groups in total. The highest BCUT2D eigenvalue weighted by atomic mass is 32.1. The number of carbonyl (C=O) groups is 2. The van der Waals surface area contributed by atoms with Gasteiger partial charge in [0.25, 0.3) is 0 Å². The van der Waals surface area contributed by atoms with E-state index in [-0.39, 0.29) is 19.0 Å². The number of carboxylic acids is 1. The fraction of sp³-hybridized carbons (Fsp3) is 0.636. The van der Waals surface area contributed by atoms with Crippen molar-refractivity contribution < 1.29 is 14.7 Å². The van der Waals surface area contributed by atoms with E-state index >= 15 is 0 Å². The van der Waals surface area contributed by atoms with Gasteiger partial charge in [0, 0.05) is 20.0 Å². The Labute approximate surface area is 115 Å². The SMILES string of the molecule is CC(C)Cc1nnc(NC(=O)N(C)CCC(=O)O)s1. The predicted molar refractivity (Wildman–Crippen MR) is 72.4 cm³/mol. The number of rotatable bonds is 6. The molecule has 0 aliphatic rings. The molecule has 0 bridgehead atoms. The second-order valence-corrected chi connectivity index (χ2v) is 5.66. The first-order chi connectivity index (χ1) is 8.88. The molecule has 0 saturated carbocycles. The molecule has 0 fully saturated rings. The van der Waals surface area contributed by atoms with Crippen LogP contribution in [0.15, 0.2) is 0 Å². The summed E-state index contributed by atoms with van der Waals surface area (Å²) >= 11 is 1.33. The molecule has 1 rings (SSSR count). The van der Waals surface area contributed by atoms with Gasteiger partial charge in [0.05, 0.1) is 6.42 Å². The first-order valence-corrected chi connectivity index (χ1v) is 6.76. The maximum absolute atomic E-state index is 11.7. The summed E-state index contributed by atoms with van der Waals surface area (Å²) in [5.74, 6) is -0.454. The van der Waals surface area contributed by atoms with Crippen molar-refractivity contribution in [3.05, 3.63) is 5.01 Å². The van der Waals surface area contributed by atoms with Crippen LogP contribution in [0.4, 0.5) is 9.93 Å². The van der Waals surface area contributed by atoms with Crippen molar-refractivity contribution in [2.24, 2.45) is 5.92 Å². The van der Waals surface area contributed by atoms with E-state index in [0.717, 1.165) is 11.4 Å². The van der Waals surface area contributed by atoms with Gasteiger partial charge < -0.3 is 10.0 Å². The van der Waals surface area contributed by atoms with Crippen LogP contribution in [-0.4, -0.2) is 45.8 Å². The van der Waals surface area contributed by atoms with E-state index in [0.29, 0.717) is 11.0 Å². The second-order valence-electron chi connectivity index (χ2n) is 4.59. The third-order valence-electron chi connectivity index (χ3n) is 2.27. The summed E-state index contributed by atoms with van der Waals surface area (Å²) in [4.78, 5) is 23.4. The van der Waals surface area contributed by atoms with E-state index in [1.165, 1.54) is 23.3 Å². The monoisotopic (exact) mass is 286 g/mol. The second kappa shape index (κ2) is 7.03. The minimum atomic E-state index is -0.935. The molecule has 0 aliphatic carbocycles. The Morgan fingerprint density at radius 1 is 1.42 bits per heavy atom. The minimum absolute atomic E-state index is 0.0847. The van der Waals surface area contributed by atoms with E-state index in [9.17, 15) is 9.59 Å². The summed E-state index contributed by atoms with van der Waals surface area (Å²) in [5, 5.41) is 20.3. The average molecular weight is 286 g/mol. The number of amides is 2. The number of carbonyl (C=O) groups excluding carboxylic acids is 1. The molecule has 0 unspecified atom stereocenters. The molecular formula is C11H18N4O3S. The summed E-state index contributed by atoms with van der Waals surface area (Å²) in [5.41, 5.74) is 0. The van der Waals surface area contributed by atoms with Gasteiger partial charge in [-0.2, -0.15) is 0 Å². The maximum atomic E-state index is 11.7. The van der Waals surface area contributed by atoms with Crippen LogP contribution < -0.4 is 5.32 Å². The molecule has 106 valence electrons. The fourth-order valence-corrected chi connectivity index (χ4v) is 2.23. The van der Waals surface area contributed by atoms with E-state index in [4.69, 9.17) is 5.11 Å². The van der Waals surface area contributed by atoms with Crippen LogP contribution in [0, 0.1) is 5.92 Å². The number of nitrogens with zero attached hydrogens (tertiary/aromatic N) is 3. The number of anilines is 1. The number of urea groups is 1. The summed E-state index contributed by atoms with van der Waals surface area (Å²) in [6.07, 6.45) is 0.737. The minimum Gasteiger partial charge on any atom is -0.481 e. The molecule has 7 nitrogen and oxygen atoms in total. The molecule has 0 aliphatic heterocycles. The highest BCUT2D eigenvalue weighted by molar-refractivity contribution is 7.15. The van der Waals surface area contributed by atoms with Crippen molar-refractivity contribution in [1.82, 2.24) is 15.1 Å². The van der Waals surface area contributed by atoms with Gasteiger partial charge in [-0.15, -0.1) is 10.2 Å². The lowest BCUT2D eigenvalue weighted by Gasteiger charge is -2.15. The molecule has 0 radical (unpaired) electrons. The number of aromatic nitrogens is 2. The number of hydrogen-bond donors (Lipinski definition) is 2. The lowest BCUT2D eigenvalue weighted by molar-refractivity contribution is -0.137. The molecular weight excluding hydrogens is 268 g/mol. The highest BCUT2D eigenvalue weighted by Crippen LogP contribution is 2.18. The average Bonchev–Trinajstić information content (AvgIpc) is 2.72. The van der Waals surface area contributed by atoms with Crippen molar-refractivity contribution >= 4 is 28.5 Å². The van der Waals surface area contributed by atoms with Crippen molar-refractivity contribution in [1.29, 1.82) is 0 Å². The first-order valence-electron chi connectivity index (χ1n) is 5.94. The van der Waals surface area contributed by atoms with Crippen LogP contribution in [0.25, 0.3) is 0 Å². The Kier molecular flexibility index (Phi) is 5.68. The van der Waals surface area contributed by atoms with Crippen molar-refractivity contribution in [3.63, 3.8) is 0 Å². The Morgan fingerprint density at radius 3 is 2.68 bits per heavy atom. The topological polar surface area (TPSA) is 95.4 Å². The third-order valence-corrected chi connectivity index (χ3v) is 3.13. The van der Waals surface area contributed by atoms with Gasteiger partial charge in [-0.1, -0.05) is 25.2 Å². The Morgan fingerprint density at radius 2 is 2.11 bits per heavy atom. The number of carboxylic acid groups (broad SMARTS) is 1. The van der Waals surface area contributed by atoms with Crippen LogP contribution in [0.2, 0.25) is 0 Å². The quantitative estimate of drug-likeness (QED) is 0.829. The lowest BCUT2D eigenvalue weighted by atomic mass is 10.1. The zero-order valence-electron chi connectivity index (χ0n) is 11.2. The molecule has 1 heterocycles. The Hall–Kier alpha value is -1.70. The Bertz CT molecular complexity index is 447. The summed E-state index contributed by atoms with van der Waals surface area (Å²) in [6.45, 7) is 4.32. The number of nitrogens with one attached hydrogen (secondary N) is 1. The van der Waals surface area contributed by atoms with E-state index in [1.54, 1.807) is 0 Å². The first kappa shape index (κ1) is 15.4. The highest BCUT2D eigenvalue weighted by Gasteiger charge is 2.13. The maximum Gasteiger partial charge on any atom is 0.323 e. The summed E-state index contributed by atoms with van der Waals surface area (Å²) in [7, 11) is 1.54. The summed E-state index contributed by atoms with van der Waals surface area (Å²) in [6, 6.07) is -0.381. The molecule has 2 amide bonds. The molecule has 8 heteroatoms. The smallest absolute Gasteiger partial charge is 0.323 e. The van der Waals surface area contributed by atoms with Gasteiger partial charge >= 0.3 is 12.0 Å². The normalized spacial score (nSPS) is 10.5. The Balaban J connectivity index is 2.47. The largest absolute Gasteiger partial charge is 0.481 e. The van der Waals surface area contributed by atoms with Gasteiger partial charge in [0.2, 0.25) is 5.13 Å². The van der Waals surface area contributed by atoms with Gasteiger partial charge in [0.1, 0.15) is 5.01 Å². The van der Waals surface area contributed by atoms with Gasteiger partial charge in [-0.3, -0.25) is 10.1 Å². The number of aliphatic carboxylic acids is 1. The van der Waals surface area contributed by atoms with E-state index in [2.05, 4.69) is 29.4 Å². The van der Waals surface area contributed by atoms with E-state index in [1.807, 2.05) is 0 Å². The van der Waals surface area contributed by atoms with Crippen LogP contribution in [-0.2, 0) is 11.2 Å². The standard InChI is InChI=1S/C11H18N4O3S/c1-7(2)6-8-13-14-10(19-8)12-11(18)15(3)5-4-9(16)17/h7H,4-6H2,1-3H3,(H,16,17)(H,12,14,18). The fourth-order valence-electron chi connectivity index (χ4n) is 1.29. The molecule has 1 aromatic rings. The van der Waals surface area contributed by atoms with Crippen LogP contribution in [0.5, 0.6) is 0 Å².